The number of anilines is 1. The van der Waals surface area contributed by atoms with Crippen LogP contribution in [-0.2, 0) is 0 Å². The highest BCUT2D eigenvalue weighted by atomic mass is 16.5. The van der Waals surface area contributed by atoms with Crippen molar-refractivity contribution in [2.24, 2.45) is 0 Å². The predicted octanol–water partition coefficient (Wildman–Crippen LogP) is 3.40. The Labute approximate surface area is 98.0 Å². The van der Waals surface area contributed by atoms with Crippen LogP contribution in [0.3, 0.4) is 0 Å². The van der Waals surface area contributed by atoms with Crippen molar-refractivity contribution in [3.05, 3.63) is 18.5 Å². The van der Waals surface area contributed by atoms with Crippen molar-refractivity contribution in [2.75, 3.05) is 12.3 Å². The van der Waals surface area contributed by atoms with E-state index in [2.05, 4.69) is 11.9 Å². The van der Waals surface area contributed by atoms with Gasteiger partial charge in [-0.25, -0.2) is 0 Å². The third-order valence-corrected chi connectivity index (χ3v) is 2.57. The third-order valence-electron chi connectivity index (χ3n) is 2.57. The Morgan fingerprint density at radius 3 is 2.69 bits per heavy atom. The van der Waals surface area contributed by atoms with Gasteiger partial charge >= 0.3 is 0 Å². The summed E-state index contributed by atoms with van der Waals surface area (Å²) in [4.78, 5) is 3.92. The number of nitrogens with two attached hydrogens (primary N) is 1. The summed E-state index contributed by atoms with van der Waals surface area (Å²) in [7, 11) is 0. The molecule has 0 saturated carbocycles. The number of rotatable bonds is 8. The summed E-state index contributed by atoms with van der Waals surface area (Å²) in [5.41, 5.74) is 6.33. The molecule has 3 heteroatoms. The van der Waals surface area contributed by atoms with Gasteiger partial charge in [0.25, 0.3) is 0 Å². The molecule has 0 atom stereocenters. The Morgan fingerprint density at radius 2 is 1.94 bits per heavy atom. The molecular formula is C13H22N2O. The van der Waals surface area contributed by atoms with Gasteiger partial charge in [-0.2, -0.15) is 0 Å². The number of pyridine rings is 1. The summed E-state index contributed by atoms with van der Waals surface area (Å²) < 4.78 is 5.58. The van der Waals surface area contributed by atoms with Gasteiger partial charge in [-0.3, -0.25) is 4.98 Å². The van der Waals surface area contributed by atoms with Gasteiger partial charge in [-0.15, -0.1) is 0 Å². The first-order valence-electron chi connectivity index (χ1n) is 6.17. The van der Waals surface area contributed by atoms with Crippen LogP contribution < -0.4 is 10.5 Å². The first-order valence-corrected chi connectivity index (χ1v) is 6.17. The molecule has 2 N–H and O–H groups in total. The first kappa shape index (κ1) is 12.8. The van der Waals surface area contributed by atoms with Crippen LogP contribution in [0.1, 0.15) is 45.4 Å². The lowest BCUT2D eigenvalue weighted by Crippen LogP contribution is -2.00. The lowest BCUT2D eigenvalue weighted by atomic mass is 10.1. The average molecular weight is 222 g/mol. The lowest BCUT2D eigenvalue weighted by Gasteiger charge is -2.07. The van der Waals surface area contributed by atoms with Gasteiger partial charge in [0, 0.05) is 12.3 Å². The number of hydrogen-bond donors (Lipinski definition) is 1. The van der Waals surface area contributed by atoms with E-state index in [-0.39, 0.29) is 0 Å². The van der Waals surface area contributed by atoms with Crippen LogP contribution in [0.15, 0.2) is 18.5 Å². The van der Waals surface area contributed by atoms with Crippen LogP contribution in [-0.4, -0.2) is 11.6 Å². The summed E-state index contributed by atoms with van der Waals surface area (Å²) in [6.45, 7) is 2.98. The van der Waals surface area contributed by atoms with Crippen LogP contribution in [0, 0.1) is 0 Å². The number of ether oxygens (including phenoxy) is 1. The van der Waals surface area contributed by atoms with Crippen molar-refractivity contribution in [1.82, 2.24) is 4.98 Å². The summed E-state index contributed by atoms with van der Waals surface area (Å²) in [5.74, 6) is 0.753. The molecule has 1 aromatic rings. The Bertz CT molecular complexity index is 289. The maximum Gasteiger partial charge on any atom is 0.145 e. The zero-order valence-electron chi connectivity index (χ0n) is 10.1. The second-order valence-corrected chi connectivity index (χ2v) is 4.03. The highest BCUT2D eigenvalue weighted by molar-refractivity contribution is 5.49. The minimum Gasteiger partial charge on any atom is -0.491 e. The molecule has 0 aliphatic heterocycles. The molecule has 0 aliphatic rings. The molecule has 1 rings (SSSR count). The van der Waals surface area contributed by atoms with Crippen molar-refractivity contribution in [3.63, 3.8) is 0 Å². The Kier molecular flexibility index (Phi) is 6.38. The highest BCUT2D eigenvalue weighted by Gasteiger charge is 1.98. The summed E-state index contributed by atoms with van der Waals surface area (Å²) in [6, 6.07) is 1.81. The molecule has 1 aromatic heterocycles. The van der Waals surface area contributed by atoms with Gasteiger partial charge in [0.2, 0.25) is 0 Å². The first-order chi connectivity index (χ1) is 7.84. The quantitative estimate of drug-likeness (QED) is 0.686. The summed E-state index contributed by atoms with van der Waals surface area (Å²) >= 11 is 0. The number of nitrogens with zero attached hydrogens (tertiary/aromatic N) is 1. The standard InChI is InChI=1S/C13H22N2O/c1-2-3-4-5-6-7-10-16-13-8-9-15-11-12(13)14/h8-9,11H,2-7,10,14H2,1H3. The van der Waals surface area contributed by atoms with Crippen molar-refractivity contribution in [3.8, 4) is 5.75 Å². The molecule has 1 heterocycles. The van der Waals surface area contributed by atoms with Crippen molar-refractivity contribution in [1.29, 1.82) is 0 Å². The molecule has 0 bridgehead atoms. The Balaban J connectivity index is 2.05. The minimum absolute atomic E-state index is 0.619. The van der Waals surface area contributed by atoms with Crippen LogP contribution >= 0.6 is 0 Å². The summed E-state index contributed by atoms with van der Waals surface area (Å²) in [6.07, 6.45) is 11.0. The molecule has 90 valence electrons. The Hall–Kier alpha value is -1.25. The van der Waals surface area contributed by atoms with Gasteiger partial charge in [0.15, 0.2) is 0 Å². The van der Waals surface area contributed by atoms with E-state index >= 15 is 0 Å². The minimum atomic E-state index is 0.619. The van der Waals surface area contributed by atoms with Crippen LogP contribution in [0.25, 0.3) is 0 Å². The topological polar surface area (TPSA) is 48.1 Å². The van der Waals surface area contributed by atoms with E-state index < -0.39 is 0 Å². The van der Waals surface area contributed by atoms with E-state index in [9.17, 15) is 0 Å². The molecule has 0 spiro atoms. The van der Waals surface area contributed by atoms with Crippen molar-refractivity contribution in [2.45, 2.75) is 45.4 Å². The summed E-state index contributed by atoms with van der Waals surface area (Å²) in [5, 5.41) is 0. The van der Waals surface area contributed by atoms with Gasteiger partial charge in [0.05, 0.1) is 18.5 Å². The predicted molar refractivity (Wildman–Crippen MR) is 67.5 cm³/mol. The van der Waals surface area contributed by atoms with Gasteiger partial charge < -0.3 is 10.5 Å². The van der Waals surface area contributed by atoms with Gasteiger partial charge in [0.1, 0.15) is 5.75 Å². The SMILES string of the molecule is CCCCCCCCOc1ccncc1N. The molecule has 3 nitrogen and oxygen atoms in total. The molecule has 16 heavy (non-hydrogen) atoms. The number of aromatic nitrogens is 1. The zero-order valence-corrected chi connectivity index (χ0v) is 10.1. The van der Waals surface area contributed by atoms with Crippen molar-refractivity contribution >= 4 is 5.69 Å². The number of nitrogen functional groups attached to an aromatic ring is 1. The van der Waals surface area contributed by atoms with E-state index in [1.54, 1.807) is 12.4 Å². The monoisotopic (exact) mass is 222 g/mol. The third kappa shape index (κ3) is 5.01. The van der Waals surface area contributed by atoms with Crippen LogP contribution in [0.2, 0.25) is 0 Å². The van der Waals surface area contributed by atoms with Crippen molar-refractivity contribution < 1.29 is 4.74 Å². The number of unbranched alkanes of at least 4 members (excludes halogenated alkanes) is 5. The smallest absolute Gasteiger partial charge is 0.145 e. The molecule has 0 aliphatic carbocycles. The molecular weight excluding hydrogens is 200 g/mol. The molecule has 0 saturated heterocycles. The molecule has 0 amide bonds. The van der Waals surface area contributed by atoms with Crippen LogP contribution in [0.5, 0.6) is 5.75 Å². The van der Waals surface area contributed by atoms with E-state index in [1.165, 1.54) is 32.1 Å². The van der Waals surface area contributed by atoms with Gasteiger partial charge in [-0.1, -0.05) is 39.0 Å². The van der Waals surface area contributed by atoms with E-state index in [4.69, 9.17) is 10.5 Å². The second-order valence-electron chi connectivity index (χ2n) is 4.03. The fourth-order valence-electron chi connectivity index (χ4n) is 1.59. The maximum absolute atomic E-state index is 5.71. The molecule has 0 radical (unpaired) electrons. The Morgan fingerprint density at radius 1 is 1.19 bits per heavy atom. The highest BCUT2D eigenvalue weighted by Crippen LogP contribution is 2.18. The molecule has 0 unspecified atom stereocenters. The second kappa shape index (κ2) is 7.97. The normalized spacial score (nSPS) is 10.3. The van der Waals surface area contributed by atoms with E-state index in [0.29, 0.717) is 5.69 Å². The average Bonchev–Trinajstić information content (AvgIpc) is 2.30. The largest absolute Gasteiger partial charge is 0.491 e. The zero-order chi connectivity index (χ0) is 11.6. The van der Waals surface area contributed by atoms with E-state index in [1.807, 2.05) is 6.07 Å². The fraction of sp³-hybridized carbons (Fsp3) is 0.615. The fourth-order valence-corrected chi connectivity index (χ4v) is 1.59. The van der Waals surface area contributed by atoms with E-state index in [0.717, 1.165) is 18.8 Å². The van der Waals surface area contributed by atoms with Crippen LogP contribution in [0.4, 0.5) is 5.69 Å². The lowest BCUT2D eigenvalue weighted by molar-refractivity contribution is 0.305. The number of hydrogen-bond acceptors (Lipinski definition) is 3. The maximum atomic E-state index is 5.71. The molecule has 0 fully saturated rings. The van der Waals surface area contributed by atoms with Gasteiger partial charge in [-0.05, 0) is 6.42 Å². The molecule has 0 aromatic carbocycles.